The van der Waals surface area contributed by atoms with Crippen LogP contribution >= 0.6 is 0 Å². The van der Waals surface area contributed by atoms with E-state index in [9.17, 15) is 9.90 Å². The summed E-state index contributed by atoms with van der Waals surface area (Å²) < 4.78 is 0. The number of hydrogen-bond acceptors (Lipinski definition) is 4. The Morgan fingerprint density at radius 1 is 1.16 bits per heavy atom. The summed E-state index contributed by atoms with van der Waals surface area (Å²) >= 11 is 0. The van der Waals surface area contributed by atoms with Gasteiger partial charge in [-0.25, -0.2) is 0 Å². The molecular formula is C14H12N2O2Zn. The molecule has 0 aliphatic heterocycles. The minimum absolute atomic E-state index is 0. The molecule has 0 atom stereocenters. The Morgan fingerprint density at radius 2 is 1.89 bits per heavy atom. The Kier molecular flexibility index (Phi) is 5.90. The number of ketones is 1. The van der Waals surface area contributed by atoms with Gasteiger partial charge in [-0.05, 0) is 24.3 Å². The smallest absolute Gasteiger partial charge is 0.204 e. The van der Waals surface area contributed by atoms with E-state index in [1.807, 2.05) is 0 Å². The van der Waals surface area contributed by atoms with Crippen LogP contribution in [0.5, 0.6) is 5.75 Å². The molecule has 0 spiro atoms. The summed E-state index contributed by atoms with van der Waals surface area (Å²) in [5.41, 5.74) is 0.965. The van der Waals surface area contributed by atoms with Crippen molar-refractivity contribution in [3.8, 4) is 5.75 Å². The molecule has 1 aliphatic rings. The van der Waals surface area contributed by atoms with Gasteiger partial charge in [0, 0.05) is 31.9 Å². The van der Waals surface area contributed by atoms with Crippen molar-refractivity contribution in [1.29, 1.82) is 0 Å². The number of allylic oxidation sites excluding steroid dienone is 4. The van der Waals surface area contributed by atoms with Crippen molar-refractivity contribution in [2.75, 3.05) is 5.32 Å². The molecule has 19 heavy (non-hydrogen) atoms. The first kappa shape index (κ1) is 15.1. The van der Waals surface area contributed by atoms with Crippen molar-refractivity contribution in [2.45, 2.75) is 0 Å². The molecule has 1 aromatic rings. The SMILES string of the molecule is O=C1C=CC=CC1=NC=CNc1ccccc1O.[Zn]. The van der Waals surface area contributed by atoms with E-state index in [4.69, 9.17) is 0 Å². The molecule has 0 unspecified atom stereocenters. The number of hydrogen-bond donors (Lipinski definition) is 2. The average molecular weight is 306 g/mol. The Labute approximate surface area is 124 Å². The number of carbonyl (C=O) groups is 1. The second-order valence-corrected chi connectivity index (χ2v) is 3.57. The van der Waals surface area contributed by atoms with Crippen molar-refractivity contribution >= 4 is 17.2 Å². The molecule has 0 amide bonds. The van der Waals surface area contributed by atoms with E-state index in [1.165, 1.54) is 12.3 Å². The molecule has 0 fully saturated rings. The number of aromatic hydroxyl groups is 1. The van der Waals surface area contributed by atoms with Gasteiger partial charge in [-0.15, -0.1) is 0 Å². The van der Waals surface area contributed by atoms with Gasteiger partial charge in [0.15, 0.2) is 0 Å². The van der Waals surface area contributed by atoms with Crippen LogP contribution in [-0.2, 0) is 24.3 Å². The molecule has 0 heterocycles. The van der Waals surface area contributed by atoms with Gasteiger partial charge in [-0.2, -0.15) is 0 Å². The van der Waals surface area contributed by atoms with Crippen LogP contribution in [0.1, 0.15) is 0 Å². The second kappa shape index (κ2) is 7.44. The quantitative estimate of drug-likeness (QED) is 0.512. The third kappa shape index (κ3) is 4.30. The van der Waals surface area contributed by atoms with Gasteiger partial charge in [0.05, 0.1) is 5.69 Å². The molecular weight excluding hydrogens is 294 g/mol. The van der Waals surface area contributed by atoms with E-state index < -0.39 is 0 Å². The maximum absolute atomic E-state index is 11.3. The van der Waals surface area contributed by atoms with Crippen LogP contribution in [0, 0.1) is 0 Å². The van der Waals surface area contributed by atoms with Gasteiger partial charge in [0.1, 0.15) is 11.5 Å². The maximum Gasteiger partial charge on any atom is 0.204 e. The number of carbonyl (C=O) groups excluding carboxylic acids is 1. The Hall–Kier alpha value is -2.00. The van der Waals surface area contributed by atoms with Crippen LogP contribution in [0.15, 0.2) is 66.0 Å². The van der Waals surface area contributed by atoms with Gasteiger partial charge < -0.3 is 10.4 Å². The van der Waals surface area contributed by atoms with Crippen LogP contribution in [0.4, 0.5) is 5.69 Å². The van der Waals surface area contributed by atoms with Crippen molar-refractivity contribution in [2.24, 2.45) is 4.99 Å². The molecule has 1 aliphatic carbocycles. The molecule has 5 heteroatoms. The molecule has 0 saturated carbocycles. The van der Waals surface area contributed by atoms with E-state index in [1.54, 1.807) is 48.7 Å². The third-order valence-corrected chi connectivity index (χ3v) is 2.30. The number of rotatable bonds is 3. The van der Waals surface area contributed by atoms with Crippen molar-refractivity contribution in [3.63, 3.8) is 0 Å². The second-order valence-electron chi connectivity index (χ2n) is 3.57. The van der Waals surface area contributed by atoms with E-state index in [0.29, 0.717) is 11.4 Å². The Morgan fingerprint density at radius 3 is 2.63 bits per heavy atom. The number of nitrogens with zero attached hydrogens (tertiary/aromatic N) is 1. The van der Waals surface area contributed by atoms with Crippen LogP contribution in [0.3, 0.4) is 0 Å². The van der Waals surface area contributed by atoms with E-state index in [0.717, 1.165) is 0 Å². The summed E-state index contributed by atoms with van der Waals surface area (Å²) in [6, 6.07) is 6.86. The van der Waals surface area contributed by atoms with Crippen molar-refractivity contribution in [3.05, 3.63) is 61.0 Å². The zero-order chi connectivity index (χ0) is 12.8. The van der Waals surface area contributed by atoms with Crippen LogP contribution < -0.4 is 5.32 Å². The maximum atomic E-state index is 11.3. The minimum atomic E-state index is -0.121. The summed E-state index contributed by atoms with van der Waals surface area (Å²) in [4.78, 5) is 15.4. The minimum Gasteiger partial charge on any atom is -0.506 e. The predicted molar refractivity (Wildman–Crippen MR) is 71.6 cm³/mol. The molecule has 0 aromatic heterocycles. The summed E-state index contributed by atoms with van der Waals surface area (Å²) in [6.07, 6.45) is 9.57. The van der Waals surface area contributed by atoms with E-state index >= 15 is 0 Å². The Balaban J connectivity index is 0.00000180. The predicted octanol–water partition coefficient (Wildman–Crippen LogP) is 2.41. The van der Waals surface area contributed by atoms with Gasteiger partial charge >= 0.3 is 0 Å². The fourth-order valence-corrected chi connectivity index (χ4v) is 1.40. The van der Waals surface area contributed by atoms with Crippen LogP contribution in [0.2, 0.25) is 0 Å². The fourth-order valence-electron chi connectivity index (χ4n) is 1.40. The van der Waals surface area contributed by atoms with Gasteiger partial charge in [-0.1, -0.05) is 24.3 Å². The topological polar surface area (TPSA) is 61.7 Å². The van der Waals surface area contributed by atoms with Crippen LogP contribution in [-0.4, -0.2) is 16.6 Å². The number of aliphatic imine (C=N–C) groups is 1. The summed E-state index contributed by atoms with van der Waals surface area (Å²) in [5.74, 6) is 0.0380. The van der Waals surface area contributed by atoms with Gasteiger partial charge in [-0.3, -0.25) is 9.79 Å². The third-order valence-electron chi connectivity index (χ3n) is 2.30. The summed E-state index contributed by atoms with van der Waals surface area (Å²) in [7, 11) is 0. The number of nitrogens with one attached hydrogen (secondary N) is 1. The number of phenolic OH excluding ortho intramolecular Hbond substituents is 1. The van der Waals surface area contributed by atoms with Crippen molar-refractivity contribution < 1.29 is 29.4 Å². The molecule has 4 nitrogen and oxygen atoms in total. The molecule has 0 radical (unpaired) electrons. The summed E-state index contributed by atoms with van der Waals surface area (Å²) in [6.45, 7) is 0. The zero-order valence-electron chi connectivity index (χ0n) is 10.3. The number of phenols is 1. The molecule has 0 saturated heterocycles. The van der Waals surface area contributed by atoms with Crippen LogP contribution in [0.25, 0.3) is 0 Å². The number of para-hydroxylation sites is 2. The monoisotopic (exact) mass is 304 g/mol. The zero-order valence-corrected chi connectivity index (χ0v) is 13.3. The fraction of sp³-hybridized carbons (Fsp3) is 0. The Bertz CT molecular complexity index is 575. The first-order valence-electron chi connectivity index (χ1n) is 5.44. The normalized spacial score (nSPS) is 15.8. The van der Waals surface area contributed by atoms with E-state index in [-0.39, 0.29) is 31.0 Å². The summed E-state index contributed by atoms with van der Waals surface area (Å²) in [5, 5.41) is 12.4. The molecule has 2 rings (SSSR count). The van der Waals surface area contributed by atoms with Crippen molar-refractivity contribution in [1.82, 2.24) is 0 Å². The molecule has 1 aromatic carbocycles. The number of benzene rings is 1. The standard InChI is InChI=1S/C14H12N2O2.Zn/c17-13-7-3-1-5-11(13)15-9-10-16-12-6-2-4-8-14(12)18;/h1-10,15,17H;. The molecule has 2 N–H and O–H groups in total. The van der Waals surface area contributed by atoms with Gasteiger partial charge in [0.2, 0.25) is 5.78 Å². The molecule has 0 bridgehead atoms. The molecule has 92 valence electrons. The average Bonchev–Trinajstić information content (AvgIpc) is 2.38. The van der Waals surface area contributed by atoms with E-state index in [2.05, 4.69) is 10.3 Å². The first-order chi connectivity index (χ1) is 8.77. The number of anilines is 1. The van der Waals surface area contributed by atoms with Gasteiger partial charge in [0.25, 0.3) is 0 Å². The first-order valence-corrected chi connectivity index (χ1v) is 5.44. The largest absolute Gasteiger partial charge is 0.506 e.